The molecule has 0 atom stereocenters. The van der Waals surface area contributed by atoms with Gasteiger partial charge in [0.05, 0.1) is 10.3 Å². The molecule has 4 aromatic heterocycles. The SMILES string of the molecule is CCc1c(C)sc2ncn3nc(CCn4cc([N+](=O)[O-])cn4)nc3c12. The molecule has 4 rings (SSSR count). The molecule has 0 spiro atoms. The number of fused-ring (bicyclic) bond motifs is 3. The molecule has 4 aromatic rings. The van der Waals surface area contributed by atoms with Crippen LogP contribution in [0.1, 0.15) is 23.2 Å². The van der Waals surface area contributed by atoms with Crippen molar-refractivity contribution in [1.82, 2.24) is 29.4 Å². The van der Waals surface area contributed by atoms with Crippen LogP contribution in [0, 0.1) is 17.0 Å². The molecule has 0 amide bonds. The first-order chi connectivity index (χ1) is 12.1. The van der Waals surface area contributed by atoms with Crippen molar-refractivity contribution in [3.8, 4) is 0 Å². The Kier molecular flexibility index (Phi) is 3.68. The van der Waals surface area contributed by atoms with Gasteiger partial charge in [-0.2, -0.15) is 5.10 Å². The van der Waals surface area contributed by atoms with Crippen molar-refractivity contribution in [2.45, 2.75) is 33.2 Å². The molecule has 4 heterocycles. The maximum absolute atomic E-state index is 10.7. The summed E-state index contributed by atoms with van der Waals surface area (Å²) >= 11 is 1.67. The summed E-state index contributed by atoms with van der Waals surface area (Å²) in [4.78, 5) is 21.6. The second-order valence-corrected chi connectivity index (χ2v) is 6.88. The highest BCUT2D eigenvalue weighted by molar-refractivity contribution is 7.18. The molecule has 0 radical (unpaired) electrons. The van der Waals surface area contributed by atoms with Crippen molar-refractivity contribution in [3.63, 3.8) is 0 Å². The lowest BCUT2D eigenvalue weighted by molar-refractivity contribution is -0.385. The fraction of sp³-hybridized carbons (Fsp3) is 0.333. The Bertz CT molecular complexity index is 1090. The number of nitrogens with zero attached hydrogens (tertiary/aromatic N) is 7. The number of hydrogen-bond acceptors (Lipinski definition) is 7. The topological polar surface area (TPSA) is 104 Å². The first kappa shape index (κ1) is 15.6. The van der Waals surface area contributed by atoms with E-state index in [1.165, 1.54) is 27.5 Å². The van der Waals surface area contributed by atoms with Gasteiger partial charge in [-0.1, -0.05) is 6.92 Å². The van der Waals surface area contributed by atoms with Gasteiger partial charge in [-0.15, -0.1) is 16.4 Å². The molecule has 0 aliphatic heterocycles. The summed E-state index contributed by atoms with van der Waals surface area (Å²) in [6, 6.07) is 0. The van der Waals surface area contributed by atoms with Crippen LogP contribution >= 0.6 is 11.3 Å². The van der Waals surface area contributed by atoms with Crippen molar-refractivity contribution in [2.75, 3.05) is 0 Å². The van der Waals surface area contributed by atoms with Crippen molar-refractivity contribution < 1.29 is 4.92 Å². The van der Waals surface area contributed by atoms with Gasteiger partial charge >= 0.3 is 5.69 Å². The summed E-state index contributed by atoms with van der Waals surface area (Å²) in [5.41, 5.74) is 2.06. The van der Waals surface area contributed by atoms with Crippen molar-refractivity contribution >= 4 is 32.9 Å². The van der Waals surface area contributed by atoms with Crippen LogP contribution < -0.4 is 0 Å². The van der Waals surface area contributed by atoms with E-state index in [0.717, 1.165) is 22.3 Å². The van der Waals surface area contributed by atoms with Gasteiger partial charge < -0.3 is 0 Å². The number of aryl methyl sites for hydroxylation is 4. The Morgan fingerprint density at radius 3 is 2.96 bits per heavy atom. The predicted molar refractivity (Wildman–Crippen MR) is 92.9 cm³/mol. The second kappa shape index (κ2) is 5.88. The Labute approximate surface area is 146 Å². The van der Waals surface area contributed by atoms with E-state index in [2.05, 4.69) is 34.0 Å². The Morgan fingerprint density at radius 1 is 1.40 bits per heavy atom. The van der Waals surface area contributed by atoms with E-state index in [1.54, 1.807) is 22.2 Å². The zero-order valence-electron chi connectivity index (χ0n) is 13.7. The van der Waals surface area contributed by atoms with Crippen LogP contribution in [0.5, 0.6) is 0 Å². The van der Waals surface area contributed by atoms with Crippen LogP contribution in [-0.4, -0.2) is 34.3 Å². The summed E-state index contributed by atoms with van der Waals surface area (Å²) in [7, 11) is 0. The van der Waals surface area contributed by atoms with Gasteiger partial charge in [-0.25, -0.2) is 14.5 Å². The predicted octanol–water partition coefficient (Wildman–Crippen LogP) is 2.56. The van der Waals surface area contributed by atoms with Gasteiger partial charge in [0.1, 0.15) is 23.6 Å². The molecule has 0 saturated carbocycles. The van der Waals surface area contributed by atoms with Gasteiger partial charge in [0, 0.05) is 17.8 Å². The van der Waals surface area contributed by atoms with Crippen LogP contribution in [0.3, 0.4) is 0 Å². The van der Waals surface area contributed by atoms with Gasteiger partial charge in [0.15, 0.2) is 11.5 Å². The molecular formula is C15H15N7O2S. The molecule has 128 valence electrons. The summed E-state index contributed by atoms with van der Waals surface area (Å²) in [5.74, 6) is 0.665. The minimum absolute atomic E-state index is 0.0183. The normalized spacial score (nSPS) is 11.6. The number of thiophene rings is 1. The molecule has 0 saturated heterocycles. The summed E-state index contributed by atoms with van der Waals surface area (Å²) in [6.07, 6.45) is 5.79. The minimum Gasteiger partial charge on any atom is -0.265 e. The molecule has 0 aromatic carbocycles. The lowest BCUT2D eigenvalue weighted by Gasteiger charge is -1.96. The second-order valence-electron chi connectivity index (χ2n) is 5.68. The van der Waals surface area contributed by atoms with E-state index in [-0.39, 0.29) is 5.69 Å². The van der Waals surface area contributed by atoms with Crippen LogP contribution in [0.2, 0.25) is 0 Å². The summed E-state index contributed by atoms with van der Waals surface area (Å²) in [6.45, 7) is 4.70. The largest absolute Gasteiger partial charge is 0.306 e. The number of hydrogen-bond donors (Lipinski definition) is 0. The highest BCUT2D eigenvalue weighted by atomic mass is 32.1. The van der Waals surface area contributed by atoms with E-state index >= 15 is 0 Å². The fourth-order valence-electron chi connectivity index (χ4n) is 2.93. The van der Waals surface area contributed by atoms with Crippen LogP contribution in [0.15, 0.2) is 18.7 Å². The smallest absolute Gasteiger partial charge is 0.265 e. The third-order valence-corrected chi connectivity index (χ3v) is 5.18. The van der Waals surface area contributed by atoms with Crippen LogP contribution in [0.4, 0.5) is 5.69 Å². The number of nitro groups is 1. The molecule has 0 aliphatic rings. The van der Waals surface area contributed by atoms with E-state index < -0.39 is 4.92 Å². The quantitative estimate of drug-likeness (QED) is 0.401. The van der Waals surface area contributed by atoms with Gasteiger partial charge in [-0.05, 0) is 18.9 Å². The fourth-order valence-corrected chi connectivity index (χ4v) is 4.00. The monoisotopic (exact) mass is 357 g/mol. The first-order valence-electron chi connectivity index (χ1n) is 7.86. The molecule has 0 N–H and O–H groups in total. The zero-order chi connectivity index (χ0) is 17.6. The zero-order valence-corrected chi connectivity index (χ0v) is 14.5. The Balaban J connectivity index is 1.66. The van der Waals surface area contributed by atoms with E-state index in [1.807, 2.05) is 0 Å². The molecule has 0 bridgehead atoms. The maximum Gasteiger partial charge on any atom is 0.306 e. The van der Waals surface area contributed by atoms with Gasteiger partial charge in [0.25, 0.3) is 0 Å². The average Bonchev–Trinajstić information content (AvgIpc) is 3.27. The summed E-state index contributed by atoms with van der Waals surface area (Å²) in [5, 5.41) is 20.2. The van der Waals surface area contributed by atoms with Crippen LogP contribution in [-0.2, 0) is 19.4 Å². The lowest BCUT2D eigenvalue weighted by atomic mass is 10.1. The van der Waals surface area contributed by atoms with Crippen molar-refractivity contribution in [3.05, 3.63) is 45.1 Å². The molecule has 0 aliphatic carbocycles. The van der Waals surface area contributed by atoms with Gasteiger partial charge in [0.2, 0.25) is 0 Å². The van der Waals surface area contributed by atoms with Gasteiger partial charge in [-0.3, -0.25) is 14.8 Å². The number of aromatic nitrogens is 6. The molecule has 10 heteroatoms. The molecule has 25 heavy (non-hydrogen) atoms. The van der Waals surface area contributed by atoms with E-state index in [9.17, 15) is 10.1 Å². The molecule has 0 unspecified atom stereocenters. The third-order valence-electron chi connectivity index (χ3n) is 4.12. The lowest BCUT2D eigenvalue weighted by Crippen LogP contribution is -2.03. The molecule has 9 nitrogen and oxygen atoms in total. The van der Waals surface area contributed by atoms with E-state index in [4.69, 9.17) is 0 Å². The summed E-state index contributed by atoms with van der Waals surface area (Å²) < 4.78 is 3.23. The average molecular weight is 357 g/mol. The Hall–Kier alpha value is -2.88. The third kappa shape index (κ3) is 2.64. The Morgan fingerprint density at radius 2 is 2.24 bits per heavy atom. The molecular weight excluding hydrogens is 342 g/mol. The highest BCUT2D eigenvalue weighted by Crippen LogP contribution is 2.31. The van der Waals surface area contributed by atoms with Crippen LogP contribution in [0.25, 0.3) is 15.9 Å². The standard InChI is InChI=1S/C15H15N7O2S/c1-3-11-9(2)25-15-13(11)14-18-12(19-21(14)8-16-15)4-5-20-7-10(6-17-20)22(23)24/h6-8H,3-5H2,1-2H3. The van der Waals surface area contributed by atoms with Crippen molar-refractivity contribution in [1.29, 1.82) is 0 Å². The van der Waals surface area contributed by atoms with E-state index in [0.29, 0.717) is 18.8 Å². The first-order valence-corrected chi connectivity index (χ1v) is 8.67. The number of rotatable bonds is 5. The van der Waals surface area contributed by atoms with Crippen molar-refractivity contribution in [2.24, 2.45) is 0 Å². The maximum atomic E-state index is 10.7. The molecule has 0 fully saturated rings. The highest BCUT2D eigenvalue weighted by Gasteiger charge is 2.16. The minimum atomic E-state index is -0.458.